The van der Waals surface area contributed by atoms with E-state index in [4.69, 9.17) is 10.2 Å². The summed E-state index contributed by atoms with van der Waals surface area (Å²) in [5.74, 6) is -2.93. The highest BCUT2D eigenvalue weighted by Crippen LogP contribution is 2.26. The van der Waals surface area contributed by atoms with Gasteiger partial charge in [-0.3, -0.25) is 10.1 Å². The standard InChI is InChI=1S/C8H5NO6S/c10-7(11)3-2-6(16)4(8(12)13)1-5(3)9(14)15/h1-2,16H,(H,10,11)(H,12,13). The molecule has 0 heterocycles. The third kappa shape index (κ3) is 2.11. The number of nitro benzene ring substituents is 1. The minimum atomic E-state index is -1.51. The second kappa shape index (κ2) is 4.19. The molecule has 0 aliphatic carbocycles. The number of nitrogens with zero attached hydrogens (tertiary/aromatic N) is 1. The van der Waals surface area contributed by atoms with E-state index in [0.717, 1.165) is 6.07 Å². The van der Waals surface area contributed by atoms with Crippen LogP contribution in [0, 0.1) is 10.1 Å². The largest absolute Gasteiger partial charge is 0.478 e. The SMILES string of the molecule is O=C(O)c1cc([N+](=O)[O-])c(C(=O)O)cc1S. The second-order valence-corrected chi connectivity index (χ2v) is 3.24. The molecule has 0 fully saturated rings. The van der Waals surface area contributed by atoms with Gasteiger partial charge < -0.3 is 10.2 Å². The first-order valence-electron chi connectivity index (χ1n) is 3.82. The van der Waals surface area contributed by atoms with Gasteiger partial charge in [0.2, 0.25) is 0 Å². The lowest BCUT2D eigenvalue weighted by Gasteiger charge is -2.02. The summed E-state index contributed by atoms with van der Waals surface area (Å²) in [7, 11) is 0. The topological polar surface area (TPSA) is 118 Å². The van der Waals surface area contributed by atoms with Crippen molar-refractivity contribution in [1.82, 2.24) is 0 Å². The zero-order valence-corrected chi connectivity index (χ0v) is 8.47. The maximum atomic E-state index is 10.7. The van der Waals surface area contributed by atoms with E-state index >= 15 is 0 Å². The fourth-order valence-electron chi connectivity index (χ4n) is 1.07. The smallest absolute Gasteiger partial charge is 0.342 e. The molecule has 2 N–H and O–H groups in total. The van der Waals surface area contributed by atoms with Gasteiger partial charge in [0.15, 0.2) is 0 Å². The molecule has 0 radical (unpaired) electrons. The van der Waals surface area contributed by atoms with Gasteiger partial charge in [-0.25, -0.2) is 9.59 Å². The molecule has 84 valence electrons. The quantitative estimate of drug-likeness (QED) is 0.418. The molecule has 0 saturated heterocycles. The molecule has 7 nitrogen and oxygen atoms in total. The molecule has 0 bridgehead atoms. The first-order valence-corrected chi connectivity index (χ1v) is 4.27. The molecule has 0 aliphatic heterocycles. The average Bonchev–Trinajstić information content (AvgIpc) is 2.15. The summed E-state index contributed by atoms with van der Waals surface area (Å²) in [5.41, 5.74) is -1.79. The number of hydrogen-bond acceptors (Lipinski definition) is 5. The van der Waals surface area contributed by atoms with Crippen molar-refractivity contribution in [2.45, 2.75) is 4.90 Å². The highest BCUT2D eigenvalue weighted by atomic mass is 32.1. The molecule has 0 amide bonds. The van der Waals surface area contributed by atoms with E-state index < -0.39 is 33.7 Å². The predicted octanol–water partition coefficient (Wildman–Crippen LogP) is 1.28. The summed E-state index contributed by atoms with van der Waals surface area (Å²) >= 11 is 3.75. The molecular formula is C8H5NO6S. The van der Waals surface area contributed by atoms with Crippen molar-refractivity contribution >= 4 is 30.3 Å². The minimum Gasteiger partial charge on any atom is -0.478 e. The predicted molar refractivity (Wildman–Crippen MR) is 54.3 cm³/mol. The van der Waals surface area contributed by atoms with Crippen LogP contribution in [-0.2, 0) is 0 Å². The van der Waals surface area contributed by atoms with Crippen molar-refractivity contribution in [1.29, 1.82) is 0 Å². The number of carbonyl (C=O) groups is 2. The van der Waals surface area contributed by atoms with Crippen LogP contribution in [0.3, 0.4) is 0 Å². The van der Waals surface area contributed by atoms with Gasteiger partial charge in [0.05, 0.1) is 10.5 Å². The van der Waals surface area contributed by atoms with Gasteiger partial charge >= 0.3 is 11.9 Å². The Hall–Kier alpha value is -2.09. The van der Waals surface area contributed by atoms with Crippen molar-refractivity contribution in [3.8, 4) is 0 Å². The van der Waals surface area contributed by atoms with Crippen LogP contribution < -0.4 is 0 Å². The summed E-state index contributed by atoms with van der Waals surface area (Å²) in [5, 5.41) is 27.9. The lowest BCUT2D eigenvalue weighted by molar-refractivity contribution is -0.385. The fraction of sp³-hybridized carbons (Fsp3) is 0. The zero-order chi connectivity index (χ0) is 12.5. The van der Waals surface area contributed by atoms with Crippen LogP contribution in [0.5, 0.6) is 0 Å². The Kier molecular flexibility index (Phi) is 3.14. The number of aromatic carboxylic acids is 2. The molecule has 0 unspecified atom stereocenters. The molecule has 1 aromatic carbocycles. The Morgan fingerprint density at radius 2 is 1.69 bits per heavy atom. The highest BCUT2D eigenvalue weighted by Gasteiger charge is 2.24. The Bertz CT molecular complexity index is 498. The lowest BCUT2D eigenvalue weighted by atomic mass is 10.1. The molecule has 1 rings (SSSR count). The lowest BCUT2D eigenvalue weighted by Crippen LogP contribution is -2.06. The van der Waals surface area contributed by atoms with Crippen molar-refractivity contribution in [3.05, 3.63) is 33.4 Å². The maximum Gasteiger partial charge on any atom is 0.342 e. The van der Waals surface area contributed by atoms with E-state index in [1.807, 2.05) is 0 Å². The van der Waals surface area contributed by atoms with Crippen LogP contribution >= 0.6 is 12.6 Å². The number of thiol groups is 1. The van der Waals surface area contributed by atoms with Crippen molar-refractivity contribution < 1.29 is 24.7 Å². The molecule has 0 spiro atoms. The fourth-order valence-corrected chi connectivity index (χ4v) is 1.36. The third-order valence-corrected chi connectivity index (χ3v) is 2.14. The number of hydrogen-bond donors (Lipinski definition) is 3. The van der Waals surface area contributed by atoms with E-state index in [0.29, 0.717) is 6.07 Å². The third-order valence-electron chi connectivity index (χ3n) is 1.77. The summed E-state index contributed by atoms with van der Waals surface area (Å²) in [6, 6.07) is 1.52. The van der Waals surface area contributed by atoms with Crippen LogP contribution in [0.25, 0.3) is 0 Å². The van der Waals surface area contributed by atoms with Gasteiger partial charge in [-0.1, -0.05) is 0 Å². The Morgan fingerprint density at radius 1 is 1.19 bits per heavy atom. The Balaban J connectivity index is 3.55. The van der Waals surface area contributed by atoms with Crippen LogP contribution in [0.15, 0.2) is 17.0 Å². The van der Waals surface area contributed by atoms with E-state index in [9.17, 15) is 19.7 Å². The molecular weight excluding hydrogens is 238 g/mol. The number of rotatable bonds is 3. The Morgan fingerprint density at radius 3 is 2.06 bits per heavy atom. The van der Waals surface area contributed by atoms with E-state index in [2.05, 4.69) is 12.6 Å². The van der Waals surface area contributed by atoms with Gasteiger partial charge in [0.1, 0.15) is 5.56 Å². The van der Waals surface area contributed by atoms with Crippen molar-refractivity contribution in [2.24, 2.45) is 0 Å². The Labute approximate surface area is 93.9 Å². The van der Waals surface area contributed by atoms with Crippen LogP contribution in [-0.4, -0.2) is 27.1 Å². The molecule has 0 aromatic heterocycles. The summed E-state index contributed by atoms with van der Waals surface area (Å²) in [6.07, 6.45) is 0. The van der Waals surface area contributed by atoms with Crippen LogP contribution in [0.1, 0.15) is 20.7 Å². The normalized spacial score (nSPS) is 9.81. The van der Waals surface area contributed by atoms with Crippen molar-refractivity contribution in [3.63, 3.8) is 0 Å². The minimum absolute atomic E-state index is 0.143. The number of carboxylic acid groups (broad SMARTS) is 2. The van der Waals surface area contributed by atoms with Gasteiger partial charge in [-0.15, -0.1) is 12.6 Å². The maximum absolute atomic E-state index is 10.7. The van der Waals surface area contributed by atoms with Gasteiger partial charge in [0, 0.05) is 11.0 Å². The zero-order valence-electron chi connectivity index (χ0n) is 7.58. The number of carboxylic acids is 2. The van der Waals surface area contributed by atoms with Gasteiger partial charge in [-0.05, 0) is 6.07 Å². The average molecular weight is 243 g/mol. The number of benzene rings is 1. The summed E-state index contributed by atoms with van der Waals surface area (Å²) in [4.78, 5) is 30.8. The van der Waals surface area contributed by atoms with Crippen LogP contribution in [0.2, 0.25) is 0 Å². The highest BCUT2D eigenvalue weighted by molar-refractivity contribution is 7.80. The molecule has 0 atom stereocenters. The van der Waals surface area contributed by atoms with E-state index in [1.54, 1.807) is 0 Å². The summed E-state index contributed by atoms with van der Waals surface area (Å²) < 4.78 is 0. The molecule has 1 aromatic rings. The van der Waals surface area contributed by atoms with Crippen LogP contribution in [0.4, 0.5) is 5.69 Å². The van der Waals surface area contributed by atoms with Crippen molar-refractivity contribution in [2.75, 3.05) is 0 Å². The first-order chi connectivity index (χ1) is 7.34. The number of nitro groups is 1. The monoisotopic (exact) mass is 243 g/mol. The van der Waals surface area contributed by atoms with Gasteiger partial charge in [-0.2, -0.15) is 0 Å². The van der Waals surface area contributed by atoms with Gasteiger partial charge in [0.25, 0.3) is 5.69 Å². The molecule has 8 heteroatoms. The van der Waals surface area contributed by atoms with E-state index in [1.165, 1.54) is 0 Å². The molecule has 16 heavy (non-hydrogen) atoms. The molecule has 0 saturated carbocycles. The first kappa shape index (κ1) is 12.0. The second-order valence-electron chi connectivity index (χ2n) is 2.75. The summed E-state index contributed by atoms with van der Waals surface area (Å²) in [6.45, 7) is 0. The molecule has 0 aliphatic rings. The van der Waals surface area contributed by atoms with E-state index in [-0.39, 0.29) is 4.90 Å².